The van der Waals surface area contributed by atoms with Crippen LogP contribution in [-0.4, -0.2) is 12.5 Å². The second-order valence-corrected chi connectivity index (χ2v) is 7.33. The Morgan fingerprint density at radius 2 is 1.74 bits per heavy atom. The summed E-state index contributed by atoms with van der Waals surface area (Å²) in [6.07, 6.45) is 0.645. The maximum Gasteiger partial charge on any atom is 0.255 e. The maximum absolute atomic E-state index is 12.6. The Morgan fingerprint density at radius 1 is 0.963 bits per heavy atom. The van der Waals surface area contributed by atoms with Gasteiger partial charge in [-0.05, 0) is 41.3 Å². The van der Waals surface area contributed by atoms with Gasteiger partial charge in [0, 0.05) is 11.3 Å². The number of amides is 1. The number of fused-ring (bicyclic) bond motifs is 2. The van der Waals surface area contributed by atoms with E-state index in [2.05, 4.69) is 42.7 Å². The zero-order chi connectivity index (χ0) is 18.8. The molecule has 4 heteroatoms. The Kier molecular flexibility index (Phi) is 4.71. The first-order valence-electron chi connectivity index (χ1n) is 9.44. The summed E-state index contributed by atoms with van der Waals surface area (Å²) >= 11 is 0. The Balaban J connectivity index is 1.76. The van der Waals surface area contributed by atoms with Crippen LogP contribution in [0.25, 0.3) is 10.8 Å². The predicted molar refractivity (Wildman–Crippen MR) is 109 cm³/mol. The predicted octanol–water partition coefficient (Wildman–Crippen LogP) is 5.12. The van der Waals surface area contributed by atoms with Crippen LogP contribution in [0.5, 0.6) is 5.75 Å². The van der Waals surface area contributed by atoms with E-state index in [1.54, 1.807) is 0 Å². The fourth-order valence-corrected chi connectivity index (χ4v) is 3.46. The molecule has 0 fully saturated rings. The minimum atomic E-state index is -0.340. The zero-order valence-electron chi connectivity index (χ0n) is 15.7. The topological polar surface area (TPSA) is 50.4 Å². The lowest BCUT2D eigenvalue weighted by molar-refractivity contribution is 0.0935. The average molecular weight is 360 g/mol. The van der Waals surface area contributed by atoms with Crippen LogP contribution in [0.2, 0.25) is 0 Å². The van der Waals surface area contributed by atoms with E-state index in [0.29, 0.717) is 18.1 Å². The molecule has 1 aliphatic heterocycles. The van der Waals surface area contributed by atoms with Crippen LogP contribution in [-0.2, 0) is 0 Å². The molecule has 0 saturated carbocycles. The summed E-state index contributed by atoms with van der Waals surface area (Å²) in [4.78, 5) is 12.6. The van der Waals surface area contributed by atoms with Gasteiger partial charge in [0.05, 0.1) is 12.2 Å². The molecule has 27 heavy (non-hydrogen) atoms. The largest absolute Gasteiger partial charge is 0.493 e. The summed E-state index contributed by atoms with van der Waals surface area (Å²) in [6.45, 7) is 5.02. The van der Waals surface area contributed by atoms with Gasteiger partial charge in [0.15, 0.2) is 0 Å². The molecule has 1 heterocycles. The summed E-state index contributed by atoms with van der Waals surface area (Å²) in [5.74, 6) is 1.32. The number of benzene rings is 3. The lowest BCUT2D eigenvalue weighted by atomic mass is 9.98. The van der Waals surface area contributed by atoms with E-state index in [1.165, 1.54) is 0 Å². The second kappa shape index (κ2) is 7.31. The van der Waals surface area contributed by atoms with Crippen molar-refractivity contribution in [3.63, 3.8) is 0 Å². The first-order chi connectivity index (χ1) is 13.1. The van der Waals surface area contributed by atoms with Gasteiger partial charge in [0.1, 0.15) is 11.9 Å². The van der Waals surface area contributed by atoms with E-state index < -0.39 is 0 Å². The highest BCUT2D eigenvalue weighted by molar-refractivity contribution is 6.02. The molecule has 3 aromatic rings. The molecule has 1 atom stereocenters. The maximum atomic E-state index is 12.6. The monoisotopic (exact) mass is 360 g/mol. The van der Waals surface area contributed by atoms with Crippen molar-refractivity contribution in [2.24, 2.45) is 5.92 Å². The normalized spacial score (nSPS) is 16.0. The Bertz CT molecular complexity index is 981. The summed E-state index contributed by atoms with van der Waals surface area (Å²) in [6, 6.07) is 19.8. The molecule has 1 aliphatic rings. The molecule has 1 amide bonds. The fraction of sp³-hybridized carbons (Fsp3) is 0.261. The molecule has 2 N–H and O–H groups in total. The number of nitrogens with one attached hydrogen (secondary N) is 2. The summed E-state index contributed by atoms with van der Waals surface area (Å²) < 4.78 is 6.14. The van der Waals surface area contributed by atoms with Gasteiger partial charge in [-0.2, -0.15) is 0 Å². The van der Waals surface area contributed by atoms with Crippen molar-refractivity contribution in [3.8, 4) is 5.75 Å². The third kappa shape index (κ3) is 3.47. The Labute approximate surface area is 159 Å². The van der Waals surface area contributed by atoms with Crippen LogP contribution in [0.3, 0.4) is 0 Å². The number of para-hydroxylation sites is 1. The van der Waals surface area contributed by atoms with Crippen molar-refractivity contribution in [1.29, 1.82) is 0 Å². The van der Waals surface area contributed by atoms with Crippen molar-refractivity contribution >= 4 is 22.4 Å². The fourth-order valence-electron chi connectivity index (χ4n) is 3.46. The number of carbonyl (C=O) groups is 1. The van der Waals surface area contributed by atoms with Gasteiger partial charge in [-0.25, -0.2) is 0 Å². The van der Waals surface area contributed by atoms with Crippen molar-refractivity contribution in [3.05, 3.63) is 71.8 Å². The third-order valence-electron chi connectivity index (χ3n) is 4.92. The highest BCUT2D eigenvalue weighted by Crippen LogP contribution is 2.36. The second-order valence-electron chi connectivity index (χ2n) is 7.33. The van der Waals surface area contributed by atoms with Crippen LogP contribution in [0.15, 0.2) is 60.7 Å². The van der Waals surface area contributed by atoms with E-state index in [1.807, 2.05) is 42.5 Å². The number of hydrogen-bond donors (Lipinski definition) is 2. The van der Waals surface area contributed by atoms with Gasteiger partial charge >= 0.3 is 0 Å². The van der Waals surface area contributed by atoms with E-state index >= 15 is 0 Å². The highest BCUT2D eigenvalue weighted by atomic mass is 16.5. The van der Waals surface area contributed by atoms with Crippen molar-refractivity contribution in [1.82, 2.24) is 5.32 Å². The molecule has 4 rings (SSSR count). The van der Waals surface area contributed by atoms with Crippen molar-refractivity contribution in [2.75, 3.05) is 11.9 Å². The summed E-state index contributed by atoms with van der Waals surface area (Å²) in [5.41, 5.74) is 2.48. The lowest BCUT2D eigenvalue weighted by Crippen LogP contribution is -2.38. The zero-order valence-corrected chi connectivity index (χ0v) is 15.7. The molecule has 0 saturated heterocycles. The van der Waals surface area contributed by atoms with Gasteiger partial charge in [0.2, 0.25) is 0 Å². The number of carbonyl (C=O) groups excluding carboxylic acids is 1. The van der Waals surface area contributed by atoms with E-state index in [0.717, 1.165) is 34.2 Å². The summed E-state index contributed by atoms with van der Waals surface area (Å²) in [5, 5.41) is 8.76. The average Bonchev–Trinajstić information content (AvgIpc) is 2.67. The standard InChI is InChI=1S/C23H24N2O2/c1-15(2)13-14-27-20-12-11-16-7-3-4-8-17(16)21(20)22-24-19-10-6-5-9-18(19)23(26)25-22/h3-12,15,22,24H,13-14H2,1-2H3,(H,25,26). The molecule has 1 unspecified atom stereocenters. The number of ether oxygens (including phenoxy) is 1. The van der Waals surface area contributed by atoms with Crippen LogP contribution in [0.1, 0.15) is 42.4 Å². The molecular weight excluding hydrogens is 336 g/mol. The molecule has 0 spiro atoms. The van der Waals surface area contributed by atoms with Gasteiger partial charge < -0.3 is 15.4 Å². The van der Waals surface area contributed by atoms with Gasteiger partial charge in [-0.3, -0.25) is 4.79 Å². The molecule has 0 bridgehead atoms. The molecule has 0 aromatic heterocycles. The van der Waals surface area contributed by atoms with E-state index in [4.69, 9.17) is 4.74 Å². The van der Waals surface area contributed by atoms with Crippen LogP contribution >= 0.6 is 0 Å². The van der Waals surface area contributed by atoms with Crippen molar-refractivity contribution in [2.45, 2.75) is 26.4 Å². The molecule has 4 nitrogen and oxygen atoms in total. The first-order valence-corrected chi connectivity index (χ1v) is 9.44. The Morgan fingerprint density at radius 3 is 2.59 bits per heavy atom. The van der Waals surface area contributed by atoms with E-state index in [-0.39, 0.29) is 12.1 Å². The molecule has 3 aromatic carbocycles. The minimum absolute atomic E-state index is 0.0737. The molecule has 138 valence electrons. The minimum Gasteiger partial charge on any atom is -0.493 e. The van der Waals surface area contributed by atoms with Gasteiger partial charge in [-0.1, -0.05) is 56.3 Å². The third-order valence-corrected chi connectivity index (χ3v) is 4.92. The van der Waals surface area contributed by atoms with Crippen LogP contribution in [0.4, 0.5) is 5.69 Å². The van der Waals surface area contributed by atoms with Gasteiger partial charge in [0.25, 0.3) is 5.91 Å². The number of anilines is 1. The highest BCUT2D eigenvalue weighted by Gasteiger charge is 2.27. The van der Waals surface area contributed by atoms with Crippen molar-refractivity contribution < 1.29 is 9.53 Å². The molecule has 0 radical (unpaired) electrons. The number of rotatable bonds is 5. The SMILES string of the molecule is CC(C)CCOc1ccc2ccccc2c1C1NC(=O)c2ccccc2N1. The van der Waals surface area contributed by atoms with Crippen LogP contribution in [0, 0.1) is 5.92 Å². The van der Waals surface area contributed by atoms with Crippen LogP contribution < -0.4 is 15.4 Å². The van der Waals surface area contributed by atoms with E-state index in [9.17, 15) is 4.79 Å². The Hall–Kier alpha value is -3.01. The van der Waals surface area contributed by atoms with Gasteiger partial charge in [-0.15, -0.1) is 0 Å². The quantitative estimate of drug-likeness (QED) is 0.664. The number of hydrogen-bond acceptors (Lipinski definition) is 3. The first kappa shape index (κ1) is 17.4. The smallest absolute Gasteiger partial charge is 0.255 e. The molecule has 0 aliphatic carbocycles. The molecular formula is C23H24N2O2. The lowest BCUT2D eigenvalue weighted by Gasteiger charge is -2.30. The summed E-state index contributed by atoms with van der Waals surface area (Å²) in [7, 11) is 0.